The van der Waals surface area contributed by atoms with E-state index in [9.17, 15) is 9.59 Å². The van der Waals surface area contributed by atoms with Gasteiger partial charge in [0.2, 0.25) is 11.8 Å². The summed E-state index contributed by atoms with van der Waals surface area (Å²) < 4.78 is 9.38. The summed E-state index contributed by atoms with van der Waals surface area (Å²) in [6.07, 6.45) is 7.76. The Morgan fingerprint density at radius 3 is 2.89 bits per heavy atom. The summed E-state index contributed by atoms with van der Waals surface area (Å²) in [6.45, 7) is 7.68. The third kappa shape index (κ3) is 4.22. The van der Waals surface area contributed by atoms with Crippen molar-refractivity contribution < 1.29 is 14.3 Å². The van der Waals surface area contributed by atoms with Gasteiger partial charge in [-0.15, -0.1) is 11.3 Å². The highest BCUT2D eigenvalue weighted by molar-refractivity contribution is 7.21. The number of thiazole rings is 1. The third-order valence-corrected chi connectivity index (χ3v) is 7.52. The normalized spacial score (nSPS) is 15.8. The van der Waals surface area contributed by atoms with E-state index in [4.69, 9.17) is 4.74 Å². The molecule has 6 heterocycles. The molecule has 0 bridgehead atoms. The number of ether oxygens (including phenoxy) is 1. The molecule has 11 nitrogen and oxygen atoms in total. The smallest absolute Gasteiger partial charge is 0.260 e. The number of aryl methyl sites for hydroxylation is 2. The Morgan fingerprint density at radius 2 is 2.06 bits per heavy atom. The van der Waals surface area contributed by atoms with E-state index in [-0.39, 0.29) is 11.8 Å². The van der Waals surface area contributed by atoms with Gasteiger partial charge in [-0.3, -0.25) is 19.5 Å². The molecule has 1 saturated heterocycles. The molecule has 0 aliphatic carbocycles. The van der Waals surface area contributed by atoms with E-state index in [2.05, 4.69) is 37.6 Å². The van der Waals surface area contributed by atoms with Crippen LogP contribution in [0.4, 0.5) is 11.4 Å². The minimum Gasteiger partial charge on any atom is -0.477 e. The van der Waals surface area contributed by atoms with Crippen molar-refractivity contribution in [3.05, 3.63) is 42.1 Å². The number of anilines is 2. The molecule has 0 atom stereocenters. The van der Waals surface area contributed by atoms with Crippen molar-refractivity contribution in [1.29, 1.82) is 0 Å². The van der Waals surface area contributed by atoms with Crippen LogP contribution in [0.2, 0.25) is 0 Å². The van der Waals surface area contributed by atoms with Gasteiger partial charge in [-0.1, -0.05) is 6.92 Å². The number of pyridine rings is 1. The Hall–Kier alpha value is -3.77. The van der Waals surface area contributed by atoms with E-state index in [1.807, 2.05) is 17.8 Å². The number of fused-ring (bicyclic) bond motifs is 2. The Kier molecular flexibility index (Phi) is 5.69. The first-order valence-electron chi connectivity index (χ1n) is 11.9. The molecule has 0 saturated carbocycles. The van der Waals surface area contributed by atoms with Crippen LogP contribution in [-0.4, -0.2) is 67.3 Å². The quantitative estimate of drug-likeness (QED) is 0.413. The van der Waals surface area contributed by atoms with Gasteiger partial charge in [0.05, 0.1) is 64.8 Å². The average Bonchev–Trinajstić information content (AvgIpc) is 3.54. The summed E-state index contributed by atoms with van der Waals surface area (Å²) in [6, 6.07) is 1.73. The van der Waals surface area contributed by atoms with E-state index in [1.165, 1.54) is 11.3 Å². The zero-order valence-electron chi connectivity index (χ0n) is 20.0. The van der Waals surface area contributed by atoms with E-state index in [0.29, 0.717) is 41.7 Å². The molecule has 4 aromatic rings. The average molecular weight is 507 g/mol. The topological polar surface area (TPSA) is 119 Å². The maximum Gasteiger partial charge on any atom is 0.260 e. The molecule has 2 amide bonds. The number of nitrogens with one attached hydrogen (secondary N) is 2. The van der Waals surface area contributed by atoms with Crippen LogP contribution >= 0.6 is 11.3 Å². The number of likely N-dealkylation sites (tertiary alicyclic amines) is 1. The van der Waals surface area contributed by atoms with E-state index in [0.717, 1.165) is 47.2 Å². The molecular weight excluding hydrogens is 480 g/mol. The number of amides is 2. The van der Waals surface area contributed by atoms with Gasteiger partial charge in [-0.25, -0.2) is 9.20 Å². The lowest BCUT2D eigenvalue weighted by Crippen LogP contribution is -2.48. The number of hydrogen-bond acceptors (Lipinski definition) is 8. The first-order chi connectivity index (χ1) is 17.4. The lowest BCUT2D eigenvalue weighted by Gasteiger charge is -2.36. The SMILES string of the molecule is Cc1ncc(NC(=O)CN2CC(C)C2)cc1NC(=O)c1cnn2cc(-c3cnn4c3OCCC4)sc12. The van der Waals surface area contributed by atoms with Crippen molar-refractivity contribution in [1.82, 2.24) is 29.3 Å². The molecule has 0 unspecified atom stereocenters. The molecule has 2 aliphatic heterocycles. The highest BCUT2D eigenvalue weighted by Crippen LogP contribution is 2.37. The molecule has 2 aliphatic rings. The Morgan fingerprint density at radius 1 is 1.19 bits per heavy atom. The van der Waals surface area contributed by atoms with Crippen molar-refractivity contribution >= 4 is 39.4 Å². The van der Waals surface area contributed by atoms with E-state index in [1.54, 1.807) is 29.2 Å². The van der Waals surface area contributed by atoms with Crippen LogP contribution in [-0.2, 0) is 11.3 Å². The predicted octanol–water partition coefficient (Wildman–Crippen LogP) is 2.89. The third-order valence-electron chi connectivity index (χ3n) is 6.38. The van der Waals surface area contributed by atoms with Crippen LogP contribution in [0, 0.1) is 12.8 Å². The summed E-state index contributed by atoms with van der Waals surface area (Å²) in [7, 11) is 0. The van der Waals surface area contributed by atoms with Gasteiger partial charge in [0.15, 0.2) is 0 Å². The fraction of sp³-hybridized carbons (Fsp3) is 0.375. The van der Waals surface area contributed by atoms with Crippen LogP contribution in [0.3, 0.4) is 0 Å². The Bertz CT molecular complexity index is 1470. The zero-order valence-corrected chi connectivity index (χ0v) is 20.8. The molecular formula is C24H26N8O3S. The lowest BCUT2D eigenvalue weighted by molar-refractivity contribution is -0.118. The van der Waals surface area contributed by atoms with Gasteiger partial charge in [0.1, 0.15) is 4.83 Å². The van der Waals surface area contributed by atoms with Crippen molar-refractivity contribution in [3.63, 3.8) is 0 Å². The number of carbonyl (C=O) groups excluding carboxylic acids is 2. The van der Waals surface area contributed by atoms with Crippen molar-refractivity contribution in [2.24, 2.45) is 5.92 Å². The van der Waals surface area contributed by atoms with Gasteiger partial charge >= 0.3 is 0 Å². The minimum atomic E-state index is -0.297. The van der Waals surface area contributed by atoms with Gasteiger partial charge < -0.3 is 15.4 Å². The summed E-state index contributed by atoms with van der Waals surface area (Å²) in [5.41, 5.74) is 3.07. The molecule has 0 radical (unpaired) electrons. The summed E-state index contributed by atoms with van der Waals surface area (Å²) in [5, 5.41) is 14.6. The fourth-order valence-electron chi connectivity index (χ4n) is 4.58. The molecule has 36 heavy (non-hydrogen) atoms. The second-order valence-electron chi connectivity index (χ2n) is 9.35. The summed E-state index contributed by atoms with van der Waals surface area (Å²) in [4.78, 5) is 33.7. The van der Waals surface area contributed by atoms with Crippen LogP contribution in [0.15, 0.2) is 30.9 Å². The van der Waals surface area contributed by atoms with Gasteiger partial charge in [0.25, 0.3) is 5.91 Å². The van der Waals surface area contributed by atoms with E-state index < -0.39 is 0 Å². The molecule has 0 aromatic carbocycles. The standard InChI is InChI=1S/C24H26N8O3S/c1-14-10-30(11-14)13-21(33)28-16-6-19(15(2)25-7-16)29-22(34)18-9-27-32-12-20(36-24(18)32)17-8-26-31-4-3-5-35-23(17)31/h6-9,12,14H,3-5,10-11,13H2,1-2H3,(H,28,33)(H,29,34). The number of rotatable bonds is 6. The minimum absolute atomic E-state index is 0.0966. The number of carbonyl (C=O) groups is 2. The highest BCUT2D eigenvalue weighted by Gasteiger charge is 2.25. The zero-order chi connectivity index (χ0) is 24.8. The Labute approximate surface area is 211 Å². The van der Waals surface area contributed by atoms with E-state index >= 15 is 0 Å². The molecule has 186 valence electrons. The van der Waals surface area contributed by atoms with Crippen molar-refractivity contribution in [3.8, 4) is 16.3 Å². The number of hydrogen-bond donors (Lipinski definition) is 2. The molecule has 12 heteroatoms. The fourth-order valence-corrected chi connectivity index (χ4v) is 5.64. The number of aromatic nitrogens is 5. The lowest BCUT2D eigenvalue weighted by atomic mass is 10.0. The largest absolute Gasteiger partial charge is 0.477 e. The van der Waals surface area contributed by atoms with Crippen molar-refractivity contribution in [2.45, 2.75) is 26.8 Å². The van der Waals surface area contributed by atoms with Crippen LogP contribution < -0.4 is 15.4 Å². The second kappa shape index (κ2) is 9.03. The van der Waals surface area contributed by atoms with Crippen molar-refractivity contribution in [2.75, 3.05) is 36.9 Å². The highest BCUT2D eigenvalue weighted by atomic mass is 32.1. The molecule has 4 aromatic heterocycles. The van der Waals surface area contributed by atoms with Gasteiger partial charge in [-0.05, 0) is 18.9 Å². The second-order valence-corrected chi connectivity index (χ2v) is 10.4. The first kappa shape index (κ1) is 22.7. The van der Waals surface area contributed by atoms with Gasteiger partial charge in [-0.2, -0.15) is 10.2 Å². The molecule has 2 N–H and O–H groups in total. The van der Waals surface area contributed by atoms with Gasteiger partial charge in [0, 0.05) is 32.3 Å². The molecule has 6 rings (SSSR count). The summed E-state index contributed by atoms with van der Waals surface area (Å²) in [5.74, 6) is 0.991. The predicted molar refractivity (Wildman–Crippen MR) is 136 cm³/mol. The monoisotopic (exact) mass is 506 g/mol. The van der Waals surface area contributed by atoms with Crippen LogP contribution in [0.1, 0.15) is 29.4 Å². The van der Waals surface area contributed by atoms with Crippen LogP contribution in [0.5, 0.6) is 5.88 Å². The maximum absolute atomic E-state index is 13.2. The van der Waals surface area contributed by atoms with Crippen LogP contribution in [0.25, 0.3) is 15.3 Å². The number of nitrogens with zero attached hydrogens (tertiary/aromatic N) is 6. The Balaban J connectivity index is 1.19. The maximum atomic E-state index is 13.2. The molecule has 1 fully saturated rings. The first-order valence-corrected chi connectivity index (χ1v) is 12.7. The molecule has 0 spiro atoms. The summed E-state index contributed by atoms with van der Waals surface area (Å²) >= 11 is 1.46.